The molecule has 0 amide bonds. The quantitative estimate of drug-likeness (QED) is 0.303. The molecule has 1 heterocycles. The zero-order valence-electron chi connectivity index (χ0n) is 16.7. The van der Waals surface area contributed by atoms with Gasteiger partial charge in [-0.25, -0.2) is 9.59 Å². The van der Waals surface area contributed by atoms with Crippen molar-refractivity contribution in [2.24, 2.45) is 0 Å². The van der Waals surface area contributed by atoms with Crippen molar-refractivity contribution in [1.82, 2.24) is 0 Å². The van der Waals surface area contributed by atoms with Gasteiger partial charge in [0.25, 0.3) is 0 Å². The third kappa shape index (κ3) is 5.27. The predicted molar refractivity (Wildman–Crippen MR) is 113 cm³/mol. The average molecular weight is 429 g/mol. The van der Waals surface area contributed by atoms with Crippen molar-refractivity contribution in [3.8, 4) is 5.75 Å². The Bertz CT molecular complexity index is 1150. The summed E-state index contributed by atoms with van der Waals surface area (Å²) in [6.07, 6.45) is 1.17. The monoisotopic (exact) mass is 428 g/mol. The Morgan fingerprint density at radius 3 is 2.67 bits per heavy atom. The number of fused-ring (bicyclic) bond motifs is 1. The number of benzene rings is 2. The second kappa shape index (κ2) is 9.59. The van der Waals surface area contributed by atoms with E-state index in [0.29, 0.717) is 34.6 Å². The Morgan fingerprint density at radius 1 is 1.13 bits per heavy atom. The summed E-state index contributed by atoms with van der Waals surface area (Å²) in [5.74, 6) is -0.730. The number of halogens is 1. The van der Waals surface area contributed by atoms with Crippen molar-refractivity contribution in [1.29, 1.82) is 0 Å². The third-order valence-electron chi connectivity index (χ3n) is 4.46. The second-order valence-electron chi connectivity index (χ2n) is 6.82. The SMILES string of the molecule is CCCOC(=O)CCc1cc2c(C)cc(=O)oc2cc1OC(=O)c1cccc(Cl)c1. The number of aryl methyl sites for hydroxylation is 2. The molecule has 0 aliphatic carbocycles. The number of hydrogen-bond donors (Lipinski definition) is 0. The smallest absolute Gasteiger partial charge is 0.343 e. The molecule has 0 bridgehead atoms. The predicted octanol–water partition coefficient (Wildman–Crippen LogP) is 4.86. The van der Waals surface area contributed by atoms with Gasteiger partial charge in [0.15, 0.2) is 0 Å². The fraction of sp³-hybridized carbons (Fsp3) is 0.261. The first-order chi connectivity index (χ1) is 14.4. The Labute approximate surface area is 178 Å². The van der Waals surface area contributed by atoms with E-state index in [1.165, 1.54) is 18.2 Å². The molecular weight excluding hydrogens is 408 g/mol. The number of carbonyl (C=O) groups excluding carboxylic acids is 2. The first kappa shape index (κ1) is 21.6. The average Bonchev–Trinajstić information content (AvgIpc) is 2.70. The Kier molecular flexibility index (Phi) is 6.90. The zero-order valence-corrected chi connectivity index (χ0v) is 17.5. The van der Waals surface area contributed by atoms with Gasteiger partial charge >= 0.3 is 17.6 Å². The van der Waals surface area contributed by atoms with Crippen LogP contribution in [0.4, 0.5) is 0 Å². The highest BCUT2D eigenvalue weighted by molar-refractivity contribution is 6.30. The minimum Gasteiger partial charge on any atom is -0.466 e. The van der Waals surface area contributed by atoms with Gasteiger partial charge in [-0.1, -0.05) is 24.6 Å². The Morgan fingerprint density at radius 2 is 1.93 bits per heavy atom. The number of hydrogen-bond acceptors (Lipinski definition) is 6. The normalized spacial score (nSPS) is 10.8. The van der Waals surface area contributed by atoms with Gasteiger partial charge in [-0.15, -0.1) is 0 Å². The van der Waals surface area contributed by atoms with Crippen LogP contribution in [0.2, 0.25) is 5.02 Å². The molecule has 2 aromatic carbocycles. The number of esters is 2. The first-order valence-corrected chi connectivity index (χ1v) is 9.96. The summed E-state index contributed by atoms with van der Waals surface area (Å²) in [6, 6.07) is 11.0. The molecule has 0 aliphatic rings. The van der Waals surface area contributed by atoms with E-state index in [-0.39, 0.29) is 23.7 Å². The molecule has 0 saturated heterocycles. The van der Waals surface area contributed by atoms with Crippen LogP contribution in [0, 0.1) is 6.92 Å². The van der Waals surface area contributed by atoms with Crippen LogP contribution in [0.1, 0.15) is 41.3 Å². The lowest BCUT2D eigenvalue weighted by molar-refractivity contribution is -0.143. The molecule has 3 rings (SSSR count). The van der Waals surface area contributed by atoms with Crippen LogP contribution in [0.3, 0.4) is 0 Å². The van der Waals surface area contributed by atoms with Crippen molar-refractivity contribution in [3.05, 3.63) is 74.6 Å². The summed E-state index contributed by atoms with van der Waals surface area (Å²) >= 11 is 5.95. The largest absolute Gasteiger partial charge is 0.466 e. The second-order valence-corrected chi connectivity index (χ2v) is 7.26. The van der Waals surface area contributed by atoms with Gasteiger partial charge < -0.3 is 13.9 Å². The van der Waals surface area contributed by atoms with Gasteiger partial charge in [0.2, 0.25) is 0 Å². The van der Waals surface area contributed by atoms with E-state index < -0.39 is 11.6 Å². The van der Waals surface area contributed by atoms with Crippen molar-refractivity contribution < 1.29 is 23.5 Å². The first-order valence-electron chi connectivity index (χ1n) is 9.58. The van der Waals surface area contributed by atoms with E-state index in [2.05, 4.69) is 0 Å². The molecule has 0 N–H and O–H groups in total. The molecule has 1 aromatic heterocycles. The van der Waals surface area contributed by atoms with Crippen LogP contribution >= 0.6 is 11.6 Å². The molecule has 0 unspecified atom stereocenters. The molecule has 0 fully saturated rings. The van der Waals surface area contributed by atoms with Crippen LogP contribution < -0.4 is 10.4 Å². The summed E-state index contributed by atoms with van der Waals surface area (Å²) in [4.78, 5) is 36.3. The highest BCUT2D eigenvalue weighted by Gasteiger charge is 2.17. The summed E-state index contributed by atoms with van der Waals surface area (Å²) in [5, 5.41) is 1.11. The maximum Gasteiger partial charge on any atom is 0.343 e. The molecule has 30 heavy (non-hydrogen) atoms. The van der Waals surface area contributed by atoms with E-state index in [9.17, 15) is 14.4 Å². The maximum absolute atomic E-state index is 12.6. The third-order valence-corrected chi connectivity index (χ3v) is 4.70. The van der Waals surface area contributed by atoms with Gasteiger partial charge in [0.1, 0.15) is 11.3 Å². The van der Waals surface area contributed by atoms with Crippen molar-refractivity contribution in [3.63, 3.8) is 0 Å². The van der Waals surface area contributed by atoms with Gasteiger partial charge in [-0.05, 0) is 55.2 Å². The van der Waals surface area contributed by atoms with Crippen LogP contribution in [0.5, 0.6) is 5.75 Å². The molecule has 156 valence electrons. The van der Waals surface area contributed by atoms with E-state index in [1.54, 1.807) is 31.2 Å². The lowest BCUT2D eigenvalue weighted by Gasteiger charge is -2.12. The minimum absolute atomic E-state index is 0.128. The van der Waals surface area contributed by atoms with Crippen LogP contribution in [0.15, 0.2) is 51.7 Å². The van der Waals surface area contributed by atoms with Crippen molar-refractivity contribution in [2.75, 3.05) is 6.61 Å². The fourth-order valence-corrected chi connectivity index (χ4v) is 3.17. The summed E-state index contributed by atoms with van der Waals surface area (Å²) in [7, 11) is 0. The van der Waals surface area contributed by atoms with E-state index in [1.807, 2.05) is 6.92 Å². The maximum atomic E-state index is 12.6. The highest BCUT2D eigenvalue weighted by Crippen LogP contribution is 2.29. The van der Waals surface area contributed by atoms with Crippen LogP contribution in [-0.4, -0.2) is 18.5 Å². The van der Waals surface area contributed by atoms with Gasteiger partial charge in [-0.2, -0.15) is 0 Å². The lowest BCUT2D eigenvalue weighted by atomic mass is 10.0. The standard InChI is InChI=1S/C23H21ClO6/c1-3-9-28-21(25)8-7-15-12-18-14(2)10-22(26)29-20(18)13-19(15)30-23(27)16-5-4-6-17(24)11-16/h4-6,10-13H,3,7-9H2,1-2H3. The van der Waals surface area contributed by atoms with Gasteiger partial charge in [-0.3, -0.25) is 4.79 Å². The van der Waals surface area contributed by atoms with Gasteiger partial charge in [0, 0.05) is 29.0 Å². The molecule has 6 nitrogen and oxygen atoms in total. The molecule has 7 heteroatoms. The number of rotatable bonds is 7. The Balaban J connectivity index is 1.95. The van der Waals surface area contributed by atoms with Crippen LogP contribution in [-0.2, 0) is 16.0 Å². The molecule has 0 spiro atoms. The zero-order chi connectivity index (χ0) is 21.7. The highest BCUT2D eigenvalue weighted by atomic mass is 35.5. The summed E-state index contributed by atoms with van der Waals surface area (Å²) < 4.78 is 16.0. The molecule has 0 atom stereocenters. The lowest BCUT2D eigenvalue weighted by Crippen LogP contribution is -2.11. The topological polar surface area (TPSA) is 82.8 Å². The van der Waals surface area contributed by atoms with E-state index in [0.717, 1.165) is 12.0 Å². The molecule has 0 saturated carbocycles. The Hall–Kier alpha value is -3.12. The van der Waals surface area contributed by atoms with Crippen LogP contribution in [0.25, 0.3) is 11.0 Å². The molecule has 3 aromatic rings. The minimum atomic E-state index is -0.610. The molecule has 0 radical (unpaired) electrons. The van der Waals surface area contributed by atoms with E-state index >= 15 is 0 Å². The molecular formula is C23H21ClO6. The number of ether oxygens (including phenoxy) is 2. The number of carbonyl (C=O) groups is 2. The van der Waals surface area contributed by atoms with Crippen molar-refractivity contribution >= 4 is 34.5 Å². The summed E-state index contributed by atoms with van der Waals surface area (Å²) in [5.41, 5.74) is 1.43. The fourth-order valence-electron chi connectivity index (χ4n) is 2.98. The van der Waals surface area contributed by atoms with Gasteiger partial charge in [0.05, 0.1) is 12.2 Å². The van der Waals surface area contributed by atoms with Crippen molar-refractivity contribution in [2.45, 2.75) is 33.1 Å². The van der Waals surface area contributed by atoms with E-state index in [4.69, 9.17) is 25.5 Å². The molecule has 0 aliphatic heterocycles. The summed E-state index contributed by atoms with van der Waals surface area (Å²) in [6.45, 7) is 4.06.